The van der Waals surface area contributed by atoms with Gasteiger partial charge >= 0.3 is 0 Å². The lowest BCUT2D eigenvalue weighted by Gasteiger charge is -2.10. The highest BCUT2D eigenvalue weighted by Gasteiger charge is 2.04. The second kappa shape index (κ2) is 5.92. The van der Waals surface area contributed by atoms with Crippen LogP contribution in [0, 0.1) is 0 Å². The van der Waals surface area contributed by atoms with Crippen molar-refractivity contribution in [3.05, 3.63) is 77.0 Å². The Morgan fingerprint density at radius 3 is 2.70 bits per heavy atom. The van der Waals surface area contributed by atoms with Gasteiger partial charge in [0.15, 0.2) is 0 Å². The Morgan fingerprint density at radius 2 is 1.90 bits per heavy atom. The molecule has 0 aliphatic rings. The normalized spacial score (nSPS) is 10.4. The Morgan fingerprint density at radius 1 is 1.05 bits per heavy atom. The predicted molar refractivity (Wildman–Crippen MR) is 85.2 cm³/mol. The Hall–Kier alpha value is -2.07. The molecule has 20 heavy (non-hydrogen) atoms. The van der Waals surface area contributed by atoms with Crippen LogP contribution in [0.4, 0.5) is 11.6 Å². The topological polar surface area (TPSA) is 29.9 Å². The summed E-state index contributed by atoms with van der Waals surface area (Å²) in [6.45, 7) is 0.786. The van der Waals surface area contributed by atoms with Crippen molar-refractivity contribution in [2.75, 3.05) is 5.32 Å². The van der Waals surface area contributed by atoms with Gasteiger partial charge in [0.1, 0.15) is 0 Å². The quantitative estimate of drug-likeness (QED) is 0.767. The lowest BCUT2D eigenvalue weighted by atomic mass is 10.2. The average molecular weight is 328 g/mol. The van der Waals surface area contributed by atoms with Crippen LogP contribution in [0.25, 0.3) is 0 Å². The van der Waals surface area contributed by atoms with Crippen LogP contribution in [0.1, 0.15) is 5.56 Å². The van der Waals surface area contributed by atoms with Crippen molar-refractivity contribution in [2.24, 2.45) is 0 Å². The lowest BCUT2D eigenvalue weighted by molar-refractivity contribution is 0.807. The van der Waals surface area contributed by atoms with Crippen LogP contribution in [0.15, 0.2) is 71.5 Å². The summed E-state index contributed by atoms with van der Waals surface area (Å²) >= 11 is 3.50. The zero-order chi connectivity index (χ0) is 13.8. The van der Waals surface area contributed by atoms with E-state index in [0.29, 0.717) is 0 Å². The van der Waals surface area contributed by atoms with Crippen molar-refractivity contribution in [2.45, 2.75) is 6.54 Å². The molecule has 0 aliphatic carbocycles. The monoisotopic (exact) mass is 327 g/mol. The van der Waals surface area contributed by atoms with E-state index in [1.165, 1.54) is 5.56 Å². The smallest absolute Gasteiger partial charge is 0.207 e. The summed E-state index contributed by atoms with van der Waals surface area (Å²) < 4.78 is 3.18. The third-order valence-electron chi connectivity index (χ3n) is 2.99. The van der Waals surface area contributed by atoms with Crippen LogP contribution in [-0.2, 0) is 6.54 Å². The number of para-hydroxylation sites is 1. The van der Waals surface area contributed by atoms with Gasteiger partial charge in [0.05, 0.1) is 6.54 Å². The summed E-state index contributed by atoms with van der Waals surface area (Å²) in [4.78, 5) is 4.37. The molecular formula is C16H14BrN3. The number of hydrogen-bond donors (Lipinski definition) is 1. The zero-order valence-electron chi connectivity index (χ0n) is 10.8. The van der Waals surface area contributed by atoms with Crippen LogP contribution >= 0.6 is 15.9 Å². The van der Waals surface area contributed by atoms with E-state index in [2.05, 4.69) is 42.9 Å². The van der Waals surface area contributed by atoms with E-state index in [1.807, 2.05) is 54.9 Å². The Kier molecular flexibility index (Phi) is 3.83. The minimum absolute atomic E-state index is 0.786. The summed E-state index contributed by atoms with van der Waals surface area (Å²) in [5, 5.41) is 3.33. The number of benzene rings is 2. The summed E-state index contributed by atoms with van der Waals surface area (Å²) in [6.07, 6.45) is 3.79. The molecule has 1 N–H and O–H groups in total. The molecule has 2 aromatic carbocycles. The molecule has 0 saturated carbocycles. The molecule has 0 amide bonds. The molecule has 0 unspecified atom stereocenters. The standard InChI is InChI=1S/C16H14BrN3/c17-14-6-4-5-13(11-14)12-20-10-9-18-16(20)19-15-7-2-1-3-8-15/h1-11H,12H2,(H,18,19). The molecule has 0 atom stereocenters. The highest BCUT2D eigenvalue weighted by molar-refractivity contribution is 9.10. The fourth-order valence-corrected chi connectivity index (χ4v) is 2.49. The van der Waals surface area contributed by atoms with Crippen LogP contribution in [0.5, 0.6) is 0 Å². The van der Waals surface area contributed by atoms with E-state index in [1.54, 1.807) is 0 Å². The SMILES string of the molecule is Brc1cccc(Cn2ccnc2Nc2ccccc2)c1. The molecule has 0 radical (unpaired) electrons. The fraction of sp³-hybridized carbons (Fsp3) is 0.0625. The molecule has 0 bridgehead atoms. The minimum Gasteiger partial charge on any atom is -0.326 e. The molecule has 3 nitrogen and oxygen atoms in total. The third-order valence-corrected chi connectivity index (χ3v) is 3.48. The first-order chi connectivity index (χ1) is 9.81. The summed E-state index contributed by atoms with van der Waals surface area (Å²) in [6, 6.07) is 18.4. The second-order valence-corrected chi connectivity index (χ2v) is 5.42. The maximum absolute atomic E-state index is 4.37. The van der Waals surface area contributed by atoms with Crippen molar-refractivity contribution in [1.82, 2.24) is 9.55 Å². The molecule has 3 rings (SSSR count). The number of nitrogens with one attached hydrogen (secondary N) is 1. The predicted octanol–water partition coefficient (Wildman–Crippen LogP) is 4.44. The number of rotatable bonds is 4. The third kappa shape index (κ3) is 3.08. The molecule has 3 aromatic rings. The first-order valence-electron chi connectivity index (χ1n) is 6.39. The van der Waals surface area contributed by atoms with Gasteiger partial charge in [-0.15, -0.1) is 0 Å². The molecular weight excluding hydrogens is 314 g/mol. The van der Waals surface area contributed by atoms with Crippen molar-refractivity contribution < 1.29 is 0 Å². The largest absolute Gasteiger partial charge is 0.326 e. The van der Waals surface area contributed by atoms with Crippen molar-refractivity contribution in [1.29, 1.82) is 0 Å². The van der Waals surface area contributed by atoms with E-state index in [0.717, 1.165) is 22.7 Å². The molecule has 0 spiro atoms. The lowest BCUT2D eigenvalue weighted by Crippen LogP contribution is -2.04. The number of hydrogen-bond acceptors (Lipinski definition) is 2. The number of anilines is 2. The van der Waals surface area contributed by atoms with Crippen molar-refractivity contribution in [3.8, 4) is 0 Å². The van der Waals surface area contributed by atoms with Gasteiger partial charge in [-0.25, -0.2) is 4.98 Å². The molecule has 0 fully saturated rings. The molecule has 1 heterocycles. The van der Waals surface area contributed by atoms with E-state index in [4.69, 9.17) is 0 Å². The summed E-state index contributed by atoms with van der Waals surface area (Å²) in [5.41, 5.74) is 2.27. The van der Waals surface area contributed by atoms with Crippen LogP contribution in [-0.4, -0.2) is 9.55 Å². The second-order valence-electron chi connectivity index (χ2n) is 4.50. The van der Waals surface area contributed by atoms with E-state index >= 15 is 0 Å². The van der Waals surface area contributed by atoms with Gasteiger partial charge in [-0.3, -0.25) is 0 Å². The maximum atomic E-state index is 4.37. The van der Waals surface area contributed by atoms with E-state index < -0.39 is 0 Å². The van der Waals surface area contributed by atoms with Gasteiger partial charge in [0.2, 0.25) is 5.95 Å². The molecule has 100 valence electrons. The number of nitrogens with zero attached hydrogens (tertiary/aromatic N) is 2. The van der Waals surface area contributed by atoms with Crippen LogP contribution in [0.3, 0.4) is 0 Å². The van der Waals surface area contributed by atoms with Gasteiger partial charge in [0.25, 0.3) is 0 Å². The Balaban J connectivity index is 1.80. The van der Waals surface area contributed by atoms with Gasteiger partial charge in [-0.2, -0.15) is 0 Å². The van der Waals surface area contributed by atoms with Gasteiger partial charge < -0.3 is 9.88 Å². The van der Waals surface area contributed by atoms with E-state index in [9.17, 15) is 0 Å². The van der Waals surface area contributed by atoms with Gasteiger partial charge in [-0.05, 0) is 29.8 Å². The molecule has 0 aliphatic heterocycles. The van der Waals surface area contributed by atoms with Gasteiger partial charge in [-0.1, -0.05) is 46.3 Å². The number of imidazole rings is 1. The highest BCUT2D eigenvalue weighted by atomic mass is 79.9. The number of aromatic nitrogens is 2. The number of halogens is 1. The first kappa shape index (κ1) is 12.9. The Labute approximate surface area is 126 Å². The molecule has 1 aromatic heterocycles. The average Bonchev–Trinajstić information content (AvgIpc) is 2.87. The van der Waals surface area contributed by atoms with Crippen LogP contribution < -0.4 is 5.32 Å². The minimum atomic E-state index is 0.786. The fourth-order valence-electron chi connectivity index (χ4n) is 2.04. The molecule has 4 heteroatoms. The highest BCUT2D eigenvalue weighted by Crippen LogP contribution is 2.17. The van der Waals surface area contributed by atoms with Gasteiger partial charge in [0, 0.05) is 22.6 Å². The summed E-state index contributed by atoms with van der Waals surface area (Å²) in [7, 11) is 0. The van der Waals surface area contributed by atoms with E-state index in [-0.39, 0.29) is 0 Å². The van der Waals surface area contributed by atoms with Crippen molar-refractivity contribution >= 4 is 27.6 Å². The first-order valence-corrected chi connectivity index (χ1v) is 7.18. The summed E-state index contributed by atoms with van der Waals surface area (Å²) in [5.74, 6) is 0.844. The Bertz CT molecular complexity index is 692. The zero-order valence-corrected chi connectivity index (χ0v) is 12.4. The van der Waals surface area contributed by atoms with Crippen molar-refractivity contribution in [3.63, 3.8) is 0 Å². The molecule has 0 saturated heterocycles. The maximum Gasteiger partial charge on any atom is 0.207 e. The van der Waals surface area contributed by atoms with Crippen LogP contribution in [0.2, 0.25) is 0 Å².